The molecular weight excluding hydrogens is 580 g/mol. The third-order valence-electron chi connectivity index (χ3n) is 11.1. The number of benzene rings is 2. The van der Waals surface area contributed by atoms with Gasteiger partial charge in [0, 0.05) is 41.8 Å². The van der Waals surface area contributed by atoms with Crippen molar-refractivity contribution in [2.75, 3.05) is 48.6 Å². The summed E-state index contributed by atoms with van der Waals surface area (Å²) < 4.78 is 27.5. The highest BCUT2D eigenvalue weighted by atomic mass is 16.5. The molecule has 2 aliphatic carbocycles. The first-order chi connectivity index (χ1) is 22.2. The Morgan fingerprint density at radius 2 is 1.46 bits per heavy atom. The van der Waals surface area contributed by atoms with Crippen molar-refractivity contribution in [2.24, 2.45) is 0 Å². The highest BCUT2D eigenvalue weighted by Gasteiger charge is 2.51. The molecule has 3 heterocycles. The number of carbonyl (C=O) groups is 1. The number of ether oxygens (including phenoxy) is 4. The lowest BCUT2D eigenvalue weighted by Gasteiger charge is -2.41. The zero-order valence-corrected chi connectivity index (χ0v) is 28.3. The van der Waals surface area contributed by atoms with Crippen molar-refractivity contribution in [3.05, 3.63) is 83.3 Å². The van der Waals surface area contributed by atoms with Gasteiger partial charge in [0.05, 0.1) is 34.7 Å². The molecule has 0 N–H and O–H groups in total. The molecule has 0 spiro atoms. The fourth-order valence-corrected chi connectivity index (χ4v) is 8.58. The predicted octanol–water partition coefficient (Wildman–Crippen LogP) is 5.99. The Kier molecular flexibility index (Phi) is 8.96. The number of hydrogen-bond acceptors (Lipinski definition) is 8. The average molecular weight is 629 g/mol. The standard InChI is InChI=1S/C19H23NO3.C19H25NO3/c1-20-8-7-19(12-13-6-9-23-16(13)11-18(19)20)14-4-5-15(21-2)17(10-14)22-3;1-13(2)20-10-9-19(8-7-15(21)12-18(19)20)14-5-6-16(22-3)17(11-14)23-4/h4-6,9-10,18H,7-8,11-12H2,1-3H3;5-8,11,13,18H,9-10,12H2,1-4H3. The molecule has 0 radical (unpaired) electrons. The zero-order valence-electron chi connectivity index (χ0n) is 28.3. The molecule has 2 aromatic carbocycles. The van der Waals surface area contributed by atoms with E-state index in [0.717, 1.165) is 67.5 Å². The van der Waals surface area contributed by atoms with Crippen molar-refractivity contribution < 1.29 is 28.2 Å². The van der Waals surface area contributed by atoms with Crippen molar-refractivity contribution in [1.82, 2.24) is 9.80 Å². The Balaban J connectivity index is 0.000000162. The first-order valence-corrected chi connectivity index (χ1v) is 16.4. The van der Waals surface area contributed by atoms with Crippen molar-refractivity contribution in [1.29, 1.82) is 0 Å². The third-order valence-corrected chi connectivity index (χ3v) is 11.1. The summed E-state index contributed by atoms with van der Waals surface area (Å²) in [5.74, 6) is 4.45. The molecule has 1 aromatic heterocycles. The molecule has 2 saturated heterocycles. The zero-order chi connectivity index (χ0) is 32.6. The van der Waals surface area contributed by atoms with E-state index in [1.54, 1.807) is 34.5 Å². The highest BCUT2D eigenvalue weighted by Crippen LogP contribution is 2.50. The second kappa shape index (κ2) is 12.8. The van der Waals surface area contributed by atoms with Crippen LogP contribution in [0.4, 0.5) is 0 Å². The van der Waals surface area contributed by atoms with Gasteiger partial charge in [-0.2, -0.15) is 0 Å². The number of fused-ring (bicyclic) bond motifs is 3. The van der Waals surface area contributed by atoms with E-state index in [1.807, 2.05) is 18.4 Å². The Bertz CT molecular complexity index is 1600. The van der Waals surface area contributed by atoms with E-state index in [-0.39, 0.29) is 22.7 Å². The molecule has 8 nitrogen and oxygen atoms in total. The first-order valence-electron chi connectivity index (χ1n) is 16.4. The van der Waals surface area contributed by atoms with Crippen LogP contribution in [0, 0.1) is 0 Å². The molecule has 2 fully saturated rings. The van der Waals surface area contributed by atoms with Crippen molar-refractivity contribution in [2.45, 2.75) is 74.9 Å². The fourth-order valence-electron chi connectivity index (χ4n) is 8.58. The fraction of sp³-hybridized carbons (Fsp3) is 0.500. The van der Waals surface area contributed by atoms with Gasteiger partial charge in [-0.1, -0.05) is 18.2 Å². The molecular formula is C38H48N2O6. The molecule has 246 valence electrons. The maximum atomic E-state index is 12.0. The van der Waals surface area contributed by atoms with Gasteiger partial charge in [0.2, 0.25) is 0 Å². The summed E-state index contributed by atoms with van der Waals surface area (Å²) >= 11 is 0. The van der Waals surface area contributed by atoms with Gasteiger partial charge in [-0.25, -0.2) is 0 Å². The van der Waals surface area contributed by atoms with Gasteiger partial charge in [-0.15, -0.1) is 0 Å². The molecule has 4 aliphatic rings. The Morgan fingerprint density at radius 1 is 0.804 bits per heavy atom. The molecule has 4 unspecified atom stereocenters. The molecule has 46 heavy (non-hydrogen) atoms. The van der Waals surface area contributed by atoms with Crippen molar-refractivity contribution >= 4 is 5.78 Å². The van der Waals surface area contributed by atoms with Crippen LogP contribution in [0.15, 0.2) is 65.3 Å². The van der Waals surface area contributed by atoms with Gasteiger partial charge in [0.25, 0.3) is 0 Å². The minimum absolute atomic E-state index is 0.113. The van der Waals surface area contributed by atoms with Crippen molar-refractivity contribution in [3.8, 4) is 23.0 Å². The minimum Gasteiger partial charge on any atom is -0.493 e. The first kappa shape index (κ1) is 32.2. The summed E-state index contributed by atoms with van der Waals surface area (Å²) in [6, 6.07) is 15.8. The number of rotatable bonds is 7. The quantitative estimate of drug-likeness (QED) is 0.316. The van der Waals surface area contributed by atoms with Crippen LogP contribution >= 0.6 is 0 Å². The number of likely N-dealkylation sites (N-methyl/N-ethyl adjacent to an activating group) is 1. The lowest BCUT2D eigenvalue weighted by Crippen LogP contribution is -2.47. The smallest absolute Gasteiger partial charge is 0.161 e. The molecule has 0 bridgehead atoms. The third kappa shape index (κ3) is 5.39. The monoisotopic (exact) mass is 628 g/mol. The van der Waals surface area contributed by atoms with Crippen LogP contribution in [0.5, 0.6) is 23.0 Å². The van der Waals surface area contributed by atoms with E-state index in [2.05, 4.69) is 67.1 Å². The number of methoxy groups -OCH3 is 4. The maximum absolute atomic E-state index is 12.0. The Hall–Kier alpha value is -3.75. The number of nitrogens with zero attached hydrogens (tertiary/aromatic N) is 2. The summed E-state index contributed by atoms with van der Waals surface area (Å²) in [7, 11) is 8.91. The summed E-state index contributed by atoms with van der Waals surface area (Å²) in [5, 5.41) is 0. The lowest BCUT2D eigenvalue weighted by atomic mass is 9.66. The van der Waals surface area contributed by atoms with E-state index in [4.69, 9.17) is 23.4 Å². The van der Waals surface area contributed by atoms with Crippen LogP contribution < -0.4 is 18.9 Å². The van der Waals surface area contributed by atoms with Gasteiger partial charge in [0.15, 0.2) is 28.8 Å². The van der Waals surface area contributed by atoms with Gasteiger partial charge in [-0.3, -0.25) is 9.69 Å². The number of likely N-dealkylation sites (tertiary alicyclic amines) is 2. The van der Waals surface area contributed by atoms with E-state index >= 15 is 0 Å². The number of allylic oxidation sites excluding steroid dienone is 1. The molecule has 2 aliphatic heterocycles. The maximum Gasteiger partial charge on any atom is 0.161 e. The molecule has 0 amide bonds. The minimum atomic E-state index is -0.113. The second-order valence-electron chi connectivity index (χ2n) is 13.4. The van der Waals surface area contributed by atoms with Gasteiger partial charge in [0.1, 0.15) is 5.76 Å². The van der Waals surface area contributed by atoms with Crippen LogP contribution in [0.2, 0.25) is 0 Å². The summed E-state index contributed by atoms with van der Waals surface area (Å²) in [5.41, 5.74) is 3.91. The van der Waals surface area contributed by atoms with E-state index in [9.17, 15) is 4.79 Å². The number of hydrogen-bond donors (Lipinski definition) is 0. The topological polar surface area (TPSA) is 73.6 Å². The summed E-state index contributed by atoms with van der Waals surface area (Å²) in [6.07, 6.45) is 10.5. The van der Waals surface area contributed by atoms with Gasteiger partial charge >= 0.3 is 0 Å². The van der Waals surface area contributed by atoms with Gasteiger partial charge < -0.3 is 28.3 Å². The van der Waals surface area contributed by atoms with Crippen LogP contribution in [0.25, 0.3) is 0 Å². The van der Waals surface area contributed by atoms with E-state index in [1.165, 1.54) is 16.7 Å². The van der Waals surface area contributed by atoms with E-state index in [0.29, 0.717) is 18.5 Å². The van der Waals surface area contributed by atoms with Crippen molar-refractivity contribution in [3.63, 3.8) is 0 Å². The molecule has 8 heteroatoms. The van der Waals surface area contributed by atoms with Crippen LogP contribution in [-0.4, -0.2) is 82.3 Å². The SMILES string of the molecule is COc1ccc(C23C=CC(=O)CC2N(C(C)C)CC3)cc1OC.COc1ccc(C23CCN(C)C2Cc2occc2C3)cc1OC. The number of furan rings is 1. The van der Waals surface area contributed by atoms with Crippen LogP contribution in [-0.2, 0) is 28.5 Å². The predicted molar refractivity (Wildman–Crippen MR) is 179 cm³/mol. The Labute approximate surface area is 273 Å². The van der Waals surface area contributed by atoms with Crippen LogP contribution in [0.3, 0.4) is 0 Å². The van der Waals surface area contributed by atoms with Gasteiger partial charge in [-0.05, 0) is 106 Å². The normalized spacial score (nSPS) is 27.0. The Morgan fingerprint density at radius 3 is 2.11 bits per heavy atom. The average Bonchev–Trinajstić information content (AvgIpc) is 3.79. The molecule has 0 saturated carbocycles. The molecule has 4 atom stereocenters. The lowest BCUT2D eigenvalue weighted by molar-refractivity contribution is -0.116. The van der Waals surface area contributed by atoms with Crippen LogP contribution in [0.1, 0.15) is 55.6 Å². The molecule has 3 aromatic rings. The summed E-state index contributed by atoms with van der Waals surface area (Å²) in [4.78, 5) is 16.9. The number of carbonyl (C=O) groups excluding carboxylic acids is 1. The molecule has 7 rings (SSSR count). The largest absolute Gasteiger partial charge is 0.493 e. The second-order valence-corrected chi connectivity index (χ2v) is 13.4. The summed E-state index contributed by atoms with van der Waals surface area (Å²) in [6.45, 7) is 6.53. The number of ketones is 1. The van der Waals surface area contributed by atoms with E-state index < -0.39 is 0 Å². The highest BCUT2D eigenvalue weighted by molar-refractivity contribution is 5.92.